The summed E-state index contributed by atoms with van der Waals surface area (Å²) in [5.74, 6) is -0.0232. The predicted molar refractivity (Wildman–Crippen MR) is 76.4 cm³/mol. The van der Waals surface area contributed by atoms with Crippen LogP contribution < -0.4 is 10.9 Å². The first-order chi connectivity index (χ1) is 9.61. The Labute approximate surface area is 118 Å². The highest BCUT2D eigenvalue weighted by Crippen LogP contribution is 2.23. The summed E-state index contributed by atoms with van der Waals surface area (Å²) in [7, 11) is 0. The van der Waals surface area contributed by atoms with Crippen LogP contribution in [0.3, 0.4) is 0 Å². The zero-order valence-corrected chi connectivity index (χ0v) is 11.8. The number of hydrogen-bond acceptors (Lipinski definition) is 3. The van der Waals surface area contributed by atoms with Crippen molar-refractivity contribution in [2.75, 3.05) is 6.61 Å². The molecule has 2 unspecified atom stereocenters. The van der Waals surface area contributed by atoms with E-state index in [1.807, 2.05) is 0 Å². The number of hydrogen-bond donors (Lipinski definition) is 2. The monoisotopic (exact) mass is 278 g/mol. The normalized spacial score (nSPS) is 22.5. The maximum absolute atomic E-state index is 12.1. The summed E-state index contributed by atoms with van der Waals surface area (Å²) in [6, 6.07) is 3.53. The van der Waals surface area contributed by atoms with E-state index >= 15 is 0 Å². The molecule has 2 atom stereocenters. The lowest BCUT2D eigenvalue weighted by Crippen LogP contribution is -2.45. The summed E-state index contributed by atoms with van der Waals surface area (Å²) in [5.41, 5.74) is 0.496. The number of nitrogens with one attached hydrogen (secondary N) is 1. The summed E-state index contributed by atoms with van der Waals surface area (Å²) < 4.78 is 1.42. The summed E-state index contributed by atoms with van der Waals surface area (Å²) >= 11 is 0. The van der Waals surface area contributed by atoms with E-state index < -0.39 is 0 Å². The first kappa shape index (κ1) is 14.8. The van der Waals surface area contributed by atoms with Crippen molar-refractivity contribution < 1.29 is 9.90 Å². The summed E-state index contributed by atoms with van der Waals surface area (Å²) in [5, 5.41) is 12.3. The zero-order valence-electron chi connectivity index (χ0n) is 11.8. The number of aryl methyl sites for hydroxylation is 1. The first-order valence-corrected chi connectivity index (χ1v) is 7.18. The van der Waals surface area contributed by atoms with E-state index in [-0.39, 0.29) is 36.6 Å². The Hall–Kier alpha value is -1.62. The van der Waals surface area contributed by atoms with Crippen LogP contribution in [0, 0.1) is 12.8 Å². The van der Waals surface area contributed by atoms with Gasteiger partial charge in [0.1, 0.15) is 6.54 Å². The average molecular weight is 278 g/mol. The largest absolute Gasteiger partial charge is 0.396 e. The Morgan fingerprint density at radius 1 is 1.45 bits per heavy atom. The third kappa shape index (κ3) is 3.48. The van der Waals surface area contributed by atoms with E-state index in [2.05, 4.69) is 5.32 Å². The minimum absolute atomic E-state index is 0.0294. The van der Waals surface area contributed by atoms with Gasteiger partial charge in [0.05, 0.1) is 0 Å². The van der Waals surface area contributed by atoms with E-state index in [0.717, 1.165) is 25.7 Å². The lowest BCUT2D eigenvalue weighted by atomic mass is 9.85. The Bertz CT molecular complexity index is 524. The molecule has 0 saturated heterocycles. The van der Waals surface area contributed by atoms with Crippen LogP contribution in [-0.4, -0.2) is 28.2 Å². The molecule has 0 bridgehead atoms. The van der Waals surface area contributed by atoms with E-state index in [1.54, 1.807) is 25.3 Å². The van der Waals surface area contributed by atoms with Crippen LogP contribution in [0.5, 0.6) is 0 Å². The van der Waals surface area contributed by atoms with Crippen LogP contribution in [0.2, 0.25) is 0 Å². The van der Waals surface area contributed by atoms with Crippen LogP contribution in [0.4, 0.5) is 0 Å². The zero-order chi connectivity index (χ0) is 14.5. The molecule has 20 heavy (non-hydrogen) atoms. The Morgan fingerprint density at radius 3 is 2.95 bits per heavy atom. The number of aliphatic hydroxyl groups is 1. The lowest BCUT2D eigenvalue weighted by molar-refractivity contribution is -0.123. The number of pyridine rings is 1. The molecule has 110 valence electrons. The van der Waals surface area contributed by atoms with Crippen LogP contribution >= 0.6 is 0 Å². The maximum Gasteiger partial charge on any atom is 0.253 e. The van der Waals surface area contributed by atoms with Gasteiger partial charge >= 0.3 is 0 Å². The summed E-state index contributed by atoms with van der Waals surface area (Å²) in [6.45, 7) is 1.88. The molecule has 1 aromatic rings. The van der Waals surface area contributed by atoms with Crippen LogP contribution in [0.15, 0.2) is 23.1 Å². The van der Waals surface area contributed by atoms with Gasteiger partial charge in [-0.3, -0.25) is 9.59 Å². The highest BCUT2D eigenvalue weighted by Gasteiger charge is 2.25. The van der Waals surface area contributed by atoms with Crippen LogP contribution in [0.1, 0.15) is 31.2 Å². The van der Waals surface area contributed by atoms with Crippen molar-refractivity contribution in [3.8, 4) is 0 Å². The number of nitrogens with zero attached hydrogens (tertiary/aromatic N) is 1. The second-order valence-electron chi connectivity index (χ2n) is 5.53. The number of aromatic nitrogens is 1. The van der Waals surface area contributed by atoms with Crippen molar-refractivity contribution >= 4 is 5.91 Å². The molecule has 0 spiro atoms. The molecule has 1 aliphatic carbocycles. The molecule has 2 rings (SSSR count). The van der Waals surface area contributed by atoms with Crippen LogP contribution in [0.25, 0.3) is 0 Å². The van der Waals surface area contributed by atoms with Gasteiger partial charge in [0, 0.05) is 30.3 Å². The quantitative estimate of drug-likeness (QED) is 0.856. The van der Waals surface area contributed by atoms with E-state index in [4.69, 9.17) is 0 Å². The standard InChI is InChI=1S/C15H22N2O3/c1-11-5-4-8-17(15(11)20)9-14(19)16-13-7-3-2-6-12(13)10-18/h4-5,8,12-13,18H,2-3,6-7,9-10H2,1H3,(H,16,19). The van der Waals surface area contributed by atoms with Gasteiger partial charge in [0.15, 0.2) is 0 Å². The molecule has 1 aliphatic rings. The fourth-order valence-corrected chi connectivity index (χ4v) is 2.80. The molecule has 1 aromatic heterocycles. The van der Waals surface area contributed by atoms with Crippen LogP contribution in [-0.2, 0) is 11.3 Å². The minimum Gasteiger partial charge on any atom is -0.396 e. The molecule has 0 aromatic carbocycles. The van der Waals surface area contributed by atoms with E-state index in [0.29, 0.717) is 5.56 Å². The van der Waals surface area contributed by atoms with Gasteiger partial charge in [0.25, 0.3) is 5.56 Å². The minimum atomic E-state index is -0.164. The molecular formula is C15H22N2O3. The highest BCUT2D eigenvalue weighted by molar-refractivity contribution is 5.76. The SMILES string of the molecule is Cc1cccn(CC(=O)NC2CCCCC2CO)c1=O. The van der Waals surface area contributed by atoms with E-state index in [1.165, 1.54) is 4.57 Å². The summed E-state index contributed by atoms with van der Waals surface area (Å²) in [6.07, 6.45) is 5.66. The van der Waals surface area contributed by atoms with Gasteiger partial charge in [-0.25, -0.2) is 0 Å². The van der Waals surface area contributed by atoms with Crippen molar-refractivity contribution in [1.82, 2.24) is 9.88 Å². The third-order valence-electron chi connectivity index (χ3n) is 4.01. The fraction of sp³-hybridized carbons (Fsp3) is 0.600. The average Bonchev–Trinajstić information content (AvgIpc) is 2.44. The first-order valence-electron chi connectivity index (χ1n) is 7.18. The molecule has 5 heteroatoms. The van der Waals surface area contributed by atoms with Gasteiger partial charge in [-0.1, -0.05) is 18.9 Å². The molecule has 5 nitrogen and oxygen atoms in total. The fourth-order valence-electron chi connectivity index (χ4n) is 2.80. The number of carbonyl (C=O) groups excluding carboxylic acids is 1. The van der Waals surface area contributed by atoms with Crippen molar-refractivity contribution in [3.63, 3.8) is 0 Å². The van der Waals surface area contributed by atoms with Crippen molar-refractivity contribution in [2.45, 2.75) is 45.2 Å². The molecule has 1 fully saturated rings. The molecule has 0 aliphatic heterocycles. The number of amides is 1. The van der Waals surface area contributed by atoms with Crippen molar-refractivity contribution in [2.24, 2.45) is 5.92 Å². The van der Waals surface area contributed by atoms with Gasteiger partial charge in [-0.05, 0) is 25.8 Å². The smallest absolute Gasteiger partial charge is 0.253 e. The molecular weight excluding hydrogens is 256 g/mol. The molecule has 1 saturated carbocycles. The topological polar surface area (TPSA) is 71.3 Å². The Morgan fingerprint density at radius 2 is 2.20 bits per heavy atom. The molecule has 1 amide bonds. The van der Waals surface area contributed by atoms with Gasteiger partial charge < -0.3 is 15.0 Å². The van der Waals surface area contributed by atoms with Gasteiger partial charge in [0.2, 0.25) is 5.91 Å². The third-order valence-corrected chi connectivity index (χ3v) is 4.01. The van der Waals surface area contributed by atoms with Crippen molar-refractivity contribution in [1.29, 1.82) is 0 Å². The van der Waals surface area contributed by atoms with Gasteiger partial charge in [-0.2, -0.15) is 0 Å². The second kappa shape index (κ2) is 6.70. The number of rotatable bonds is 4. The predicted octanol–water partition coefficient (Wildman–Crippen LogP) is 0.824. The molecule has 2 N–H and O–H groups in total. The van der Waals surface area contributed by atoms with E-state index in [9.17, 15) is 14.7 Å². The maximum atomic E-state index is 12.1. The molecule has 0 radical (unpaired) electrons. The highest BCUT2D eigenvalue weighted by atomic mass is 16.3. The summed E-state index contributed by atoms with van der Waals surface area (Å²) in [4.78, 5) is 23.9. The molecule has 1 heterocycles. The Kier molecular flexibility index (Phi) is 4.95. The van der Waals surface area contributed by atoms with Gasteiger partial charge in [-0.15, -0.1) is 0 Å². The van der Waals surface area contributed by atoms with Crippen molar-refractivity contribution in [3.05, 3.63) is 34.2 Å². The number of carbonyl (C=O) groups is 1. The second-order valence-corrected chi connectivity index (χ2v) is 5.53. The number of aliphatic hydroxyl groups excluding tert-OH is 1. The Balaban J connectivity index is 1.98. The lowest BCUT2D eigenvalue weighted by Gasteiger charge is -2.30.